The molecule has 5 rings (SSSR count). The largest absolute Gasteiger partial charge is 0.376 e. The molecule has 2 aliphatic rings. The van der Waals surface area contributed by atoms with Crippen molar-refractivity contribution in [3.05, 3.63) is 80.5 Å². The normalized spacial score (nSPS) is 19.3. The Morgan fingerprint density at radius 3 is 2.55 bits per heavy atom. The topological polar surface area (TPSA) is 87.6 Å². The van der Waals surface area contributed by atoms with Gasteiger partial charge in [0.15, 0.2) is 0 Å². The molecule has 3 aromatic rings. The highest BCUT2D eigenvalue weighted by Gasteiger charge is 2.23. The van der Waals surface area contributed by atoms with Gasteiger partial charge >= 0.3 is 5.69 Å². The number of piperazine rings is 1. The van der Waals surface area contributed by atoms with Gasteiger partial charge in [0.1, 0.15) is 0 Å². The number of nitrogens with zero attached hydrogens (tertiary/aromatic N) is 3. The summed E-state index contributed by atoms with van der Waals surface area (Å²) in [6.45, 7) is 4.68. The van der Waals surface area contributed by atoms with Gasteiger partial charge in [0.05, 0.1) is 23.6 Å². The van der Waals surface area contributed by atoms with E-state index in [2.05, 4.69) is 22.0 Å². The molecular formula is C25H28N4O4. The fourth-order valence-electron chi connectivity index (χ4n) is 4.68. The minimum atomic E-state index is -0.470. The molecule has 8 nitrogen and oxygen atoms in total. The predicted molar refractivity (Wildman–Crippen MR) is 125 cm³/mol. The summed E-state index contributed by atoms with van der Waals surface area (Å²) < 4.78 is 6.77. The van der Waals surface area contributed by atoms with E-state index in [1.807, 2.05) is 23.1 Å². The van der Waals surface area contributed by atoms with Crippen LogP contribution in [0.1, 0.15) is 28.8 Å². The second-order valence-electron chi connectivity index (χ2n) is 8.80. The third-order valence-electron chi connectivity index (χ3n) is 6.55. The van der Waals surface area contributed by atoms with Crippen LogP contribution in [0.25, 0.3) is 10.9 Å². The average Bonchev–Trinajstić information content (AvgIpc) is 3.35. The minimum Gasteiger partial charge on any atom is -0.376 e. The van der Waals surface area contributed by atoms with Gasteiger partial charge in [-0.2, -0.15) is 0 Å². The van der Waals surface area contributed by atoms with Crippen molar-refractivity contribution >= 4 is 16.8 Å². The van der Waals surface area contributed by atoms with Crippen LogP contribution in [-0.2, 0) is 17.8 Å². The molecule has 1 unspecified atom stereocenters. The van der Waals surface area contributed by atoms with Crippen molar-refractivity contribution in [2.75, 3.05) is 32.8 Å². The second-order valence-corrected chi connectivity index (χ2v) is 8.80. The van der Waals surface area contributed by atoms with Crippen LogP contribution in [0.2, 0.25) is 0 Å². The summed E-state index contributed by atoms with van der Waals surface area (Å²) in [5, 5.41) is 0.400. The molecule has 1 amide bonds. The Morgan fingerprint density at radius 1 is 1.03 bits per heavy atom. The summed E-state index contributed by atoms with van der Waals surface area (Å²) in [6.07, 6.45) is 1.68. The second kappa shape index (κ2) is 9.33. The molecular weight excluding hydrogens is 420 g/mol. The zero-order valence-electron chi connectivity index (χ0n) is 18.5. The van der Waals surface area contributed by atoms with Crippen molar-refractivity contribution in [1.82, 2.24) is 19.4 Å². The number of aromatic nitrogens is 2. The Morgan fingerprint density at radius 2 is 1.82 bits per heavy atom. The van der Waals surface area contributed by atoms with E-state index in [0.29, 0.717) is 36.2 Å². The number of carbonyl (C=O) groups excluding carboxylic acids is 1. The van der Waals surface area contributed by atoms with Crippen molar-refractivity contribution in [3.63, 3.8) is 0 Å². The molecule has 0 aliphatic carbocycles. The Bertz CT molecular complexity index is 1250. The molecule has 2 aliphatic heterocycles. The van der Waals surface area contributed by atoms with Gasteiger partial charge in [-0.05, 0) is 36.6 Å². The first kappa shape index (κ1) is 21.6. The van der Waals surface area contributed by atoms with Crippen LogP contribution in [0.4, 0.5) is 0 Å². The maximum absolute atomic E-state index is 13.1. The molecule has 172 valence electrons. The predicted octanol–water partition coefficient (Wildman–Crippen LogP) is 1.83. The van der Waals surface area contributed by atoms with Gasteiger partial charge in [0.2, 0.25) is 0 Å². The lowest BCUT2D eigenvalue weighted by molar-refractivity contribution is 0.0628. The number of benzene rings is 2. The van der Waals surface area contributed by atoms with E-state index in [1.165, 1.54) is 10.1 Å². The number of fused-ring (bicyclic) bond motifs is 1. The van der Waals surface area contributed by atoms with Crippen molar-refractivity contribution in [2.45, 2.75) is 32.0 Å². The lowest BCUT2D eigenvalue weighted by Gasteiger charge is -2.34. The molecule has 1 N–H and O–H groups in total. The highest BCUT2D eigenvalue weighted by molar-refractivity contribution is 5.97. The number of ether oxygens (including phenoxy) is 1. The van der Waals surface area contributed by atoms with Crippen molar-refractivity contribution in [3.8, 4) is 0 Å². The van der Waals surface area contributed by atoms with E-state index in [1.54, 1.807) is 18.2 Å². The Hall–Kier alpha value is -3.23. The minimum absolute atomic E-state index is 0.0827. The lowest BCUT2D eigenvalue weighted by atomic mass is 10.1. The van der Waals surface area contributed by atoms with Crippen LogP contribution in [0.5, 0.6) is 0 Å². The maximum atomic E-state index is 13.1. The number of nitrogens with one attached hydrogen (secondary N) is 1. The quantitative estimate of drug-likeness (QED) is 0.644. The zero-order valence-corrected chi connectivity index (χ0v) is 18.5. The Kier molecular flexibility index (Phi) is 6.11. The molecule has 2 fully saturated rings. The highest BCUT2D eigenvalue weighted by atomic mass is 16.5. The maximum Gasteiger partial charge on any atom is 0.328 e. The summed E-state index contributed by atoms with van der Waals surface area (Å²) in [5.74, 6) is -0.0827. The first-order chi connectivity index (χ1) is 16.1. The van der Waals surface area contributed by atoms with Gasteiger partial charge in [-0.3, -0.25) is 19.1 Å². The van der Waals surface area contributed by atoms with Crippen LogP contribution in [0.3, 0.4) is 0 Å². The fraction of sp³-hybridized carbons (Fsp3) is 0.400. The molecule has 2 saturated heterocycles. The van der Waals surface area contributed by atoms with Gasteiger partial charge in [-0.25, -0.2) is 4.79 Å². The van der Waals surface area contributed by atoms with E-state index in [-0.39, 0.29) is 24.1 Å². The van der Waals surface area contributed by atoms with E-state index in [9.17, 15) is 14.4 Å². The van der Waals surface area contributed by atoms with Gasteiger partial charge in [-0.15, -0.1) is 0 Å². The number of rotatable bonds is 5. The third-order valence-corrected chi connectivity index (χ3v) is 6.55. The van der Waals surface area contributed by atoms with E-state index in [0.717, 1.165) is 32.5 Å². The summed E-state index contributed by atoms with van der Waals surface area (Å²) in [6, 6.07) is 15.2. The Labute approximate surface area is 191 Å². The molecule has 1 atom stereocenters. The molecule has 0 spiro atoms. The summed E-state index contributed by atoms with van der Waals surface area (Å²) >= 11 is 0. The van der Waals surface area contributed by atoms with E-state index < -0.39 is 5.69 Å². The number of H-pyrrole nitrogens is 1. The molecule has 8 heteroatoms. The molecule has 1 aromatic heterocycles. The number of hydrogen-bond acceptors (Lipinski definition) is 5. The van der Waals surface area contributed by atoms with Gasteiger partial charge in [0.25, 0.3) is 11.5 Å². The molecule has 0 saturated carbocycles. The van der Waals surface area contributed by atoms with Crippen LogP contribution in [-0.4, -0.2) is 64.1 Å². The van der Waals surface area contributed by atoms with Crippen LogP contribution in [0.15, 0.2) is 58.1 Å². The van der Waals surface area contributed by atoms with Crippen LogP contribution in [0, 0.1) is 0 Å². The van der Waals surface area contributed by atoms with Crippen molar-refractivity contribution in [2.24, 2.45) is 0 Å². The standard InChI is InChI=1S/C25H28N4O4/c30-23(28-12-10-27(11-13-28)16-18-5-2-1-3-6-18)19-8-9-21-22(15-19)26-25(32)29(24(21)31)17-20-7-4-14-33-20/h1-3,5-6,8-9,15,20H,4,7,10-14,16-17H2,(H,26,32). The van der Waals surface area contributed by atoms with E-state index >= 15 is 0 Å². The van der Waals surface area contributed by atoms with Gasteiger partial charge in [-0.1, -0.05) is 30.3 Å². The highest BCUT2D eigenvalue weighted by Crippen LogP contribution is 2.16. The Balaban J connectivity index is 1.29. The van der Waals surface area contributed by atoms with E-state index in [4.69, 9.17) is 4.74 Å². The first-order valence-corrected chi connectivity index (χ1v) is 11.5. The summed E-state index contributed by atoms with van der Waals surface area (Å²) in [5.41, 5.74) is 1.31. The summed E-state index contributed by atoms with van der Waals surface area (Å²) in [7, 11) is 0. The molecule has 0 bridgehead atoms. The molecule has 0 radical (unpaired) electrons. The molecule has 3 heterocycles. The zero-order chi connectivity index (χ0) is 22.8. The summed E-state index contributed by atoms with van der Waals surface area (Å²) in [4.78, 5) is 45.5. The number of amides is 1. The molecule has 33 heavy (non-hydrogen) atoms. The monoisotopic (exact) mass is 448 g/mol. The average molecular weight is 449 g/mol. The number of hydrogen-bond donors (Lipinski definition) is 1. The lowest BCUT2D eigenvalue weighted by Crippen LogP contribution is -2.48. The fourth-order valence-corrected chi connectivity index (χ4v) is 4.68. The smallest absolute Gasteiger partial charge is 0.328 e. The number of carbonyl (C=O) groups is 1. The SMILES string of the molecule is O=C(c1ccc2c(=O)n(CC3CCCO3)c(=O)[nH]c2c1)N1CCN(Cc2ccccc2)CC1. The van der Waals surface area contributed by atoms with Gasteiger partial charge < -0.3 is 14.6 Å². The van der Waals surface area contributed by atoms with Crippen molar-refractivity contribution < 1.29 is 9.53 Å². The molecule has 2 aromatic carbocycles. The van der Waals surface area contributed by atoms with Crippen molar-refractivity contribution in [1.29, 1.82) is 0 Å². The van der Waals surface area contributed by atoms with Crippen LogP contribution >= 0.6 is 0 Å². The first-order valence-electron chi connectivity index (χ1n) is 11.5. The third kappa shape index (κ3) is 4.62. The number of aromatic amines is 1. The van der Waals surface area contributed by atoms with Crippen LogP contribution < -0.4 is 11.2 Å². The van der Waals surface area contributed by atoms with Gasteiger partial charge in [0, 0.05) is 44.9 Å².